The highest BCUT2D eigenvalue weighted by Gasteiger charge is 2.15. The molecule has 2 rings (SSSR count). The van der Waals surface area contributed by atoms with E-state index in [1.807, 2.05) is 25.1 Å². The SMILES string of the molecule is CCCOc1ccccc1OCc1cc(C)c(C(=O)O)o1. The molecule has 0 aliphatic rings. The Morgan fingerprint density at radius 1 is 1.24 bits per heavy atom. The van der Waals surface area contributed by atoms with Crippen molar-refractivity contribution in [1.82, 2.24) is 0 Å². The van der Waals surface area contributed by atoms with Gasteiger partial charge in [0.2, 0.25) is 5.76 Å². The van der Waals surface area contributed by atoms with Crippen molar-refractivity contribution < 1.29 is 23.8 Å². The van der Waals surface area contributed by atoms with Crippen LogP contribution in [-0.4, -0.2) is 17.7 Å². The van der Waals surface area contributed by atoms with Crippen LogP contribution in [0, 0.1) is 6.92 Å². The van der Waals surface area contributed by atoms with Crippen molar-refractivity contribution >= 4 is 5.97 Å². The van der Waals surface area contributed by atoms with Gasteiger partial charge in [-0.3, -0.25) is 0 Å². The molecule has 1 N–H and O–H groups in total. The number of benzene rings is 1. The van der Waals surface area contributed by atoms with Crippen LogP contribution >= 0.6 is 0 Å². The maximum Gasteiger partial charge on any atom is 0.372 e. The molecule has 0 aliphatic heterocycles. The van der Waals surface area contributed by atoms with Crippen molar-refractivity contribution in [2.75, 3.05) is 6.61 Å². The lowest BCUT2D eigenvalue weighted by atomic mass is 10.2. The quantitative estimate of drug-likeness (QED) is 0.842. The van der Waals surface area contributed by atoms with Gasteiger partial charge in [-0.25, -0.2) is 4.79 Å². The number of aromatic carboxylic acids is 1. The van der Waals surface area contributed by atoms with Crippen molar-refractivity contribution in [2.24, 2.45) is 0 Å². The van der Waals surface area contributed by atoms with E-state index >= 15 is 0 Å². The lowest BCUT2D eigenvalue weighted by Gasteiger charge is -2.11. The highest BCUT2D eigenvalue weighted by atomic mass is 16.5. The van der Waals surface area contributed by atoms with Crippen LogP contribution in [-0.2, 0) is 6.61 Å². The number of hydrogen-bond acceptors (Lipinski definition) is 4. The molecule has 1 aromatic heterocycles. The second kappa shape index (κ2) is 6.83. The van der Waals surface area contributed by atoms with Crippen LogP contribution in [0.2, 0.25) is 0 Å². The van der Waals surface area contributed by atoms with Crippen LogP contribution in [0.5, 0.6) is 11.5 Å². The Morgan fingerprint density at radius 3 is 2.48 bits per heavy atom. The summed E-state index contributed by atoms with van der Waals surface area (Å²) in [4.78, 5) is 10.9. The van der Waals surface area contributed by atoms with Crippen molar-refractivity contribution in [2.45, 2.75) is 26.9 Å². The molecule has 5 nitrogen and oxygen atoms in total. The van der Waals surface area contributed by atoms with Gasteiger partial charge in [0.05, 0.1) is 6.61 Å². The van der Waals surface area contributed by atoms with E-state index in [1.165, 1.54) is 0 Å². The van der Waals surface area contributed by atoms with Gasteiger partial charge >= 0.3 is 5.97 Å². The number of carboxylic acid groups (broad SMARTS) is 1. The zero-order chi connectivity index (χ0) is 15.2. The van der Waals surface area contributed by atoms with E-state index in [2.05, 4.69) is 0 Å². The Bertz CT molecular complexity index is 615. The molecule has 112 valence electrons. The van der Waals surface area contributed by atoms with Crippen LogP contribution in [0.25, 0.3) is 0 Å². The van der Waals surface area contributed by atoms with Gasteiger partial charge in [-0.1, -0.05) is 19.1 Å². The van der Waals surface area contributed by atoms with Gasteiger partial charge in [0.1, 0.15) is 12.4 Å². The Hall–Kier alpha value is -2.43. The Kier molecular flexibility index (Phi) is 4.87. The fourth-order valence-corrected chi connectivity index (χ4v) is 1.88. The van der Waals surface area contributed by atoms with Gasteiger partial charge in [-0.15, -0.1) is 0 Å². The number of rotatable bonds is 7. The van der Waals surface area contributed by atoms with Crippen LogP contribution in [0.15, 0.2) is 34.7 Å². The molecule has 0 atom stereocenters. The largest absolute Gasteiger partial charge is 0.490 e. The zero-order valence-corrected chi connectivity index (χ0v) is 12.1. The first kappa shape index (κ1) is 15.0. The predicted molar refractivity (Wildman–Crippen MR) is 77.0 cm³/mol. The van der Waals surface area contributed by atoms with Crippen molar-refractivity contribution in [3.05, 3.63) is 47.4 Å². The van der Waals surface area contributed by atoms with E-state index in [0.717, 1.165) is 6.42 Å². The molecule has 0 fully saturated rings. The summed E-state index contributed by atoms with van der Waals surface area (Å²) in [5.41, 5.74) is 0.580. The molecule has 0 spiro atoms. The number of carboxylic acids is 1. The standard InChI is InChI=1S/C16H18O5/c1-3-8-19-13-6-4-5-7-14(13)20-10-12-9-11(2)15(21-12)16(17)18/h4-7,9H,3,8,10H2,1-2H3,(H,17,18). The summed E-state index contributed by atoms with van der Waals surface area (Å²) in [7, 11) is 0. The topological polar surface area (TPSA) is 68.9 Å². The van der Waals surface area contributed by atoms with Crippen molar-refractivity contribution in [3.8, 4) is 11.5 Å². The molecule has 1 heterocycles. The molecule has 0 unspecified atom stereocenters. The third kappa shape index (κ3) is 3.78. The fraction of sp³-hybridized carbons (Fsp3) is 0.312. The van der Waals surface area contributed by atoms with Gasteiger partial charge in [-0.05, 0) is 31.5 Å². The first-order valence-electron chi connectivity index (χ1n) is 6.79. The van der Waals surface area contributed by atoms with Gasteiger partial charge in [0, 0.05) is 5.56 Å². The summed E-state index contributed by atoms with van der Waals surface area (Å²) < 4.78 is 16.5. The molecule has 0 saturated carbocycles. The number of aryl methyl sites for hydroxylation is 1. The summed E-state index contributed by atoms with van der Waals surface area (Å²) in [5.74, 6) is 0.614. The molecule has 0 saturated heterocycles. The van der Waals surface area contributed by atoms with Gasteiger partial charge in [-0.2, -0.15) is 0 Å². The van der Waals surface area contributed by atoms with E-state index < -0.39 is 5.97 Å². The van der Waals surface area contributed by atoms with Crippen LogP contribution < -0.4 is 9.47 Å². The molecule has 0 amide bonds. The highest BCUT2D eigenvalue weighted by Crippen LogP contribution is 2.28. The van der Waals surface area contributed by atoms with E-state index in [1.54, 1.807) is 19.1 Å². The smallest absolute Gasteiger partial charge is 0.372 e. The third-order valence-corrected chi connectivity index (χ3v) is 2.84. The van der Waals surface area contributed by atoms with E-state index in [4.69, 9.17) is 19.0 Å². The summed E-state index contributed by atoms with van der Waals surface area (Å²) in [6, 6.07) is 9.03. The highest BCUT2D eigenvalue weighted by molar-refractivity contribution is 5.86. The van der Waals surface area contributed by atoms with Crippen LogP contribution in [0.4, 0.5) is 0 Å². The molecule has 1 aromatic carbocycles. The number of hydrogen-bond donors (Lipinski definition) is 1. The Balaban J connectivity index is 2.06. The molecule has 5 heteroatoms. The Morgan fingerprint density at radius 2 is 1.90 bits per heavy atom. The molecular weight excluding hydrogens is 272 g/mol. The zero-order valence-electron chi connectivity index (χ0n) is 12.1. The molecule has 0 radical (unpaired) electrons. The maximum absolute atomic E-state index is 10.9. The third-order valence-electron chi connectivity index (χ3n) is 2.84. The van der Waals surface area contributed by atoms with E-state index in [9.17, 15) is 4.79 Å². The van der Waals surface area contributed by atoms with E-state index in [0.29, 0.717) is 29.4 Å². The van der Waals surface area contributed by atoms with Crippen molar-refractivity contribution in [1.29, 1.82) is 0 Å². The van der Waals surface area contributed by atoms with Crippen LogP contribution in [0.3, 0.4) is 0 Å². The molecule has 21 heavy (non-hydrogen) atoms. The minimum Gasteiger partial charge on any atom is -0.490 e. The summed E-state index contributed by atoms with van der Waals surface area (Å²) in [6.45, 7) is 4.49. The maximum atomic E-state index is 10.9. The monoisotopic (exact) mass is 290 g/mol. The summed E-state index contributed by atoms with van der Waals surface area (Å²) in [6.07, 6.45) is 0.910. The van der Waals surface area contributed by atoms with Gasteiger partial charge in [0.25, 0.3) is 0 Å². The Labute approximate surface area is 123 Å². The molecule has 0 aliphatic carbocycles. The summed E-state index contributed by atoms with van der Waals surface area (Å²) in [5, 5.41) is 8.95. The van der Waals surface area contributed by atoms with Crippen molar-refractivity contribution in [3.63, 3.8) is 0 Å². The minimum absolute atomic E-state index is 0.0517. The minimum atomic E-state index is -1.08. The molecular formula is C16H18O5. The number of furan rings is 1. The predicted octanol–water partition coefficient (Wildman–Crippen LogP) is 3.65. The van der Waals surface area contributed by atoms with Gasteiger partial charge < -0.3 is 19.0 Å². The normalized spacial score (nSPS) is 10.4. The second-order valence-electron chi connectivity index (χ2n) is 4.61. The lowest BCUT2D eigenvalue weighted by molar-refractivity contribution is 0.0657. The summed E-state index contributed by atoms with van der Waals surface area (Å²) >= 11 is 0. The first-order chi connectivity index (χ1) is 10.1. The number of carbonyl (C=O) groups is 1. The first-order valence-corrected chi connectivity index (χ1v) is 6.79. The van der Waals surface area contributed by atoms with Crippen LogP contribution in [0.1, 0.15) is 35.2 Å². The fourth-order valence-electron chi connectivity index (χ4n) is 1.88. The van der Waals surface area contributed by atoms with Gasteiger partial charge in [0.15, 0.2) is 11.5 Å². The van der Waals surface area contributed by atoms with E-state index in [-0.39, 0.29) is 12.4 Å². The average Bonchev–Trinajstić information content (AvgIpc) is 2.85. The molecule has 2 aromatic rings. The molecule has 0 bridgehead atoms. The number of ether oxygens (including phenoxy) is 2. The second-order valence-corrected chi connectivity index (χ2v) is 4.61. The lowest BCUT2D eigenvalue weighted by Crippen LogP contribution is -2.00. The number of para-hydroxylation sites is 2. The average molecular weight is 290 g/mol.